The Balaban J connectivity index is 2.20. The molecule has 19 heavy (non-hydrogen) atoms. The van der Waals surface area contributed by atoms with Crippen LogP contribution in [0.3, 0.4) is 0 Å². The van der Waals surface area contributed by atoms with Crippen molar-refractivity contribution in [1.29, 1.82) is 0 Å². The second-order valence-corrected chi connectivity index (χ2v) is 4.94. The molecule has 2 rings (SSSR count). The van der Waals surface area contributed by atoms with Crippen LogP contribution in [0.4, 0.5) is 0 Å². The molecule has 0 unspecified atom stereocenters. The Morgan fingerprint density at radius 1 is 1.47 bits per heavy atom. The van der Waals surface area contributed by atoms with E-state index in [1.807, 2.05) is 13.8 Å². The summed E-state index contributed by atoms with van der Waals surface area (Å²) in [6.45, 7) is 3.81. The fourth-order valence-electron chi connectivity index (χ4n) is 1.39. The van der Waals surface area contributed by atoms with Crippen LogP contribution in [0, 0.1) is 0 Å². The zero-order valence-corrected chi connectivity index (χ0v) is 11.3. The summed E-state index contributed by atoms with van der Waals surface area (Å²) in [7, 11) is 0. The van der Waals surface area contributed by atoms with Crippen molar-refractivity contribution < 1.29 is 19.4 Å². The smallest absolute Gasteiger partial charge is 0.346 e. The van der Waals surface area contributed by atoms with Gasteiger partial charge in [0.2, 0.25) is 0 Å². The van der Waals surface area contributed by atoms with Gasteiger partial charge in [0.05, 0.1) is 6.10 Å². The molecule has 1 N–H and O–H groups in total. The number of thiophene rings is 1. The SMILES string of the molecule is CC(C)Oc1cccnc1Oc1csc(C(=O)O)c1. The molecule has 0 spiro atoms. The zero-order chi connectivity index (χ0) is 13.8. The van der Waals surface area contributed by atoms with Gasteiger partial charge in [0.1, 0.15) is 10.6 Å². The number of aromatic nitrogens is 1. The third-order valence-electron chi connectivity index (χ3n) is 2.10. The number of aromatic carboxylic acids is 1. The lowest BCUT2D eigenvalue weighted by molar-refractivity contribution is 0.0702. The van der Waals surface area contributed by atoms with Crippen molar-refractivity contribution in [2.45, 2.75) is 20.0 Å². The highest BCUT2D eigenvalue weighted by Gasteiger charge is 2.12. The van der Waals surface area contributed by atoms with E-state index in [1.54, 1.807) is 23.7 Å². The summed E-state index contributed by atoms with van der Waals surface area (Å²) < 4.78 is 11.1. The second-order valence-electron chi connectivity index (χ2n) is 4.03. The highest BCUT2D eigenvalue weighted by Crippen LogP contribution is 2.32. The maximum absolute atomic E-state index is 10.8. The molecular formula is C13H13NO4S. The minimum absolute atomic E-state index is 0.00334. The van der Waals surface area contributed by atoms with Gasteiger partial charge < -0.3 is 14.6 Å². The Kier molecular flexibility index (Phi) is 4.01. The molecule has 5 nitrogen and oxygen atoms in total. The van der Waals surface area contributed by atoms with Gasteiger partial charge in [-0.1, -0.05) is 0 Å². The number of hydrogen-bond acceptors (Lipinski definition) is 5. The summed E-state index contributed by atoms with van der Waals surface area (Å²) in [5, 5.41) is 10.5. The number of rotatable bonds is 5. The van der Waals surface area contributed by atoms with Crippen molar-refractivity contribution >= 4 is 17.3 Å². The van der Waals surface area contributed by atoms with Crippen molar-refractivity contribution in [2.24, 2.45) is 0 Å². The molecule has 0 radical (unpaired) electrons. The van der Waals surface area contributed by atoms with E-state index in [0.717, 1.165) is 11.3 Å². The average Bonchev–Trinajstić information content (AvgIpc) is 2.80. The van der Waals surface area contributed by atoms with Crippen LogP contribution in [0.1, 0.15) is 23.5 Å². The summed E-state index contributed by atoms with van der Waals surface area (Å²) in [4.78, 5) is 15.1. The predicted octanol–water partition coefficient (Wildman–Crippen LogP) is 3.42. The molecular weight excluding hydrogens is 266 g/mol. The van der Waals surface area contributed by atoms with Gasteiger partial charge in [0.25, 0.3) is 5.88 Å². The molecule has 0 atom stereocenters. The lowest BCUT2D eigenvalue weighted by Gasteiger charge is -2.12. The summed E-state index contributed by atoms with van der Waals surface area (Å²) in [5.74, 6) is 0.320. The predicted molar refractivity (Wildman–Crippen MR) is 71.4 cm³/mol. The quantitative estimate of drug-likeness (QED) is 0.908. The van der Waals surface area contributed by atoms with Crippen molar-refractivity contribution in [1.82, 2.24) is 4.98 Å². The summed E-state index contributed by atoms with van der Waals surface area (Å²) >= 11 is 1.10. The molecule has 0 saturated carbocycles. The van der Waals surface area contributed by atoms with Crippen molar-refractivity contribution in [3.63, 3.8) is 0 Å². The third kappa shape index (κ3) is 3.45. The minimum Gasteiger partial charge on any atom is -0.485 e. The van der Waals surface area contributed by atoms with Crippen molar-refractivity contribution in [3.8, 4) is 17.4 Å². The fraction of sp³-hybridized carbons (Fsp3) is 0.231. The number of nitrogens with zero attached hydrogens (tertiary/aromatic N) is 1. The van der Waals surface area contributed by atoms with Gasteiger partial charge in [-0.15, -0.1) is 11.3 Å². The zero-order valence-electron chi connectivity index (χ0n) is 10.5. The van der Waals surface area contributed by atoms with Gasteiger partial charge in [-0.25, -0.2) is 9.78 Å². The number of carboxylic acid groups (broad SMARTS) is 1. The van der Waals surface area contributed by atoms with Crippen LogP contribution in [-0.4, -0.2) is 22.2 Å². The Hall–Kier alpha value is -2.08. The van der Waals surface area contributed by atoms with E-state index in [1.165, 1.54) is 6.07 Å². The van der Waals surface area contributed by atoms with Gasteiger partial charge >= 0.3 is 5.97 Å². The molecule has 0 aliphatic rings. The van der Waals surface area contributed by atoms with Crippen LogP contribution in [0.15, 0.2) is 29.8 Å². The van der Waals surface area contributed by atoms with E-state index in [0.29, 0.717) is 17.4 Å². The lowest BCUT2D eigenvalue weighted by Crippen LogP contribution is -2.06. The van der Waals surface area contributed by atoms with Gasteiger partial charge in [-0.3, -0.25) is 0 Å². The standard InChI is InChI=1S/C13H13NO4S/c1-8(2)17-10-4-3-5-14-12(10)18-9-6-11(13(15)16)19-7-9/h3-8H,1-2H3,(H,15,16). The average molecular weight is 279 g/mol. The van der Waals surface area contributed by atoms with Crippen LogP contribution in [0.2, 0.25) is 0 Å². The monoisotopic (exact) mass is 279 g/mol. The Morgan fingerprint density at radius 3 is 2.89 bits per heavy atom. The molecule has 0 amide bonds. The molecule has 2 aromatic heterocycles. The van der Waals surface area contributed by atoms with E-state index in [4.69, 9.17) is 14.6 Å². The van der Waals surface area contributed by atoms with Gasteiger partial charge in [-0.2, -0.15) is 0 Å². The number of carbonyl (C=O) groups is 1. The number of carboxylic acids is 1. The van der Waals surface area contributed by atoms with E-state index < -0.39 is 5.97 Å². The summed E-state index contributed by atoms with van der Waals surface area (Å²) in [5.41, 5.74) is 0. The molecule has 0 saturated heterocycles. The normalized spacial score (nSPS) is 10.5. The fourth-order valence-corrected chi connectivity index (χ4v) is 2.04. The number of ether oxygens (including phenoxy) is 2. The van der Waals surface area contributed by atoms with Crippen molar-refractivity contribution in [3.05, 3.63) is 34.7 Å². The number of hydrogen-bond donors (Lipinski definition) is 1. The van der Waals surface area contributed by atoms with E-state index in [2.05, 4.69) is 4.98 Å². The topological polar surface area (TPSA) is 68.7 Å². The molecule has 0 aliphatic heterocycles. The summed E-state index contributed by atoms with van der Waals surface area (Å²) in [6.07, 6.45) is 1.59. The Morgan fingerprint density at radius 2 is 2.26 bits per heavy atom. The molecule has 6 heteroatoms. The molecule has 100 valence electrons. The van der Waals surface area contributed by atoms with E-state index in [9.17, 15) is 4.79 Å². The minimum atomic E-state index is -0.973. The van der Waals surface area contributed by atoms with Gasteiger partial charge in [0, 0.05) is 17.6 Å². The van der Waals surface area contributed by atoms with E-state index >= 15 is 0 Å². The van der Waals surface area contributed by atoms with Crippen LogP contribution >= 0.6 is 11.3 Å². The molecule has 0 bridgehead atoms. The van der Waals surface area contributed by atoms with Gasteiger partial charge in [-0.05, 0) is 26.0 Å². The first-order valence-corrected chi connectivity index (χ1v) is 6.55. The molecule has 0 aliphatic carbocycles. The molecule has 2 aromatic rings. The van der Waals surface area contributed by atoms with Crippen molar-refractivity contribution in [2.75, 3.05) is 0 Å². The van der Waals surface area contributed by atoms with E-state index in [-0.39, 0.29) is 11.0 Å². The molecule has 2 heterocycles. The largest absolute Gasteiger partial charge is 0.485 e. The summed E-state index contributed by atoms with van der Waals surface area (Å²) in [6, 6.07) is 4.97. The van der Waals surface area contributed by atoms with Crippen LogP contribution in [-0.2, 0) is 0 Å². The Bertz CT molecular complexity index is 580. The first kappa shape index (κ1) is 13.4. The Labute approximate surface area is 114 Å². The molecule has 0 fully saturated rings. The highest BCUT2D eigenvalue weighted by molar-refractivity contribution is 7.12. The maximum Gasteiger partial charge on any atom is 0.346 e. The van der Waals surface area contributed by atoms with Gasteiger partial charge in [0.15, 0.2) is 5.75 Å². The lowest BCUT2D eigenvalue weighted by atomic mass is 10.4. The molecule has 0 aromatic carbocycles. The first-order chi connectivity index (χ1) is 9.06. The first-order valence-electron chi connectivity index (χ1n) is 5.67. The van der Waals surface area contributed by atoms with Crippen LogP contribution in [0.5, 0.6) is 17.4 Å². The third-order valence-corrected chi connectivity index (χ3v) is 3.00. The highest BCUT2D eigenvalue weighted by atomic mass is 32.1. The van der Waals surface area contributed by atoms with Crippen LogP contribution < -0.4 is 9.47 Å². The number of pyridine rings is 1. The maximum atomic E-state index is 10.8. The second kappa shape index (κ2) is 5.71. The van der Waals surface area contributed by atoms with Crippen LogP contribution in [0.25, 0.3) is 0 Å².